The Morgan fingerprint density at radius 1 is 1.26 bits per heavy atom. The van der Waals surface area contributed by atoms with Crippen LogP contribution < -0.4 is 10.6 Å². The van der Waals surface area contributed by atoms with Gasteiger partial charge >= 0.3 is 0 Å². The summed E-state index contributed by atoms with van der Waals surface area (Å²) in [7, 11) is 0. The molecule has 1 aliphatic carbocycles. The molecule has 1 saturated heterocycles. The highest BCUT2D eigenvalue weighted by atomic mass is 32.1. The molecular formula is C15H19FN2S. The Labute approximate surface area is 118 Å². The van der Waals surface area contributed by atoms with Crippen LogP contribution in [0.1, 0.15) is 37.7 Å². The second-order valence-electron chi connectivity index (χ2n) is 5.59. The van der Waals surface area contributed by atoms with Gasteiger partial charge in [-0.1, -0.05) is 31.1 Å². The maximum atomic E-state index is 14.0. The normalized spacial score (nSPS) is 26.3. The third-order valence-corrected chi connectivity index (χ3v) is 4.76. The molecule has 19 heavy (non-hydrogen) atoms. The molecule has 3 rings (SSSR count). The minimum absolute atomic E-state index is 0.160. The van der Waals surface area contributed by atoms with Crippen molar-refractivity contribution in [3.05, 3.63) is 29.6 Å². The summed E-state index contributed by atoms with van der Waals surface area (Å²) in [5.41, 5.74) is 7.03. The van der Waals surface area contributed by atoms with E-state index in [0.717, 1.165) is 18.2 Å². The number of hydrogen-bond acceptors (Lipinski definition) is 2. The Kier molecular flexibility index (Phi) is 3.44. The molecule has 4 heteroatoms. The lowest BCUT2D eigenvalue weighted by atomic mass is 9.85. The van der Waals surface area contributed by atoms with E-state index in [1.807, 2.05) is 6.07 Å². The fourth-order valence-corrected chi connectivity index (χ4v) is 3.90. The Morgan fingerprint density at radius 3 is 2.84 bits per heavy atom. The van der Waals surface area contributed by atoms with Crippen molar-refractivity contribution in [3.8, 4) is 0 Å². The zero-order chi connectivity index (χ0) is 13.4. The summed E-state index contributed by atoms with van der Waals surface area (Å²) >= 11 is 5.03. The monoisotopic (exact) mass is 278 g/mol. The molecule has 0 bridgehead atoms. The van der Waals surface area contributed by atoms with Gasteiger partial charge in [0.05, 0.1) is 11.3 Å². The van der Waals surface area contributed by atoms with Crippen LogP contribution in [-0.4, -0.2) is 17.6 Å². The van der Waals surface area contributed by atoms with Crippen molar-refractivity contribution in [2.75, 3.05) is 11.4 Å². The molecule has 1 aromatic rings. The molecule has 2 N–H and O–H groups in total. The highest BCUT2D eigenvalue weighted by Crippen LogP contribution is 2.40. The number of nitrogens with two attached hydrogens (primary N) is 1. The molecule has 2 fully saturated rings. The highest BCUT2D eigenvalue weighted by molar-refractivity contribution is 7.80. The fraction of sp³-hybridized carbons (Fsp3) is 0.533. The van der Waals surface area contributed by atoms with Gasteiger partial charge in [0.2, 0.25) is 0 Å². The molecular weight excluding hydrogens is 259 g/mol. The van der Waals surface area contributed by atoms with E-state index in [9.17, 15) is 4.39 Å². The van der Waals surface area contributed by atoms with Crippen molar-refractivity contribution in [2.45, 2.75) is 38.1 Å². The lowest BCUT2D eigenvalue weighted by molar-refractivity contribution is 0.342. The zero-order valence-corrected chi connectivity index (χ0v) is 11.8. The number of benzene rings is 1. The van der Waals surface area contributed by atoms with Crippen LogP contribution in [-0.2, 0) is 0 Å². The van der Waals surface area contributed by atoms with E-state index in [1.54, 1.807) is 6.07 Å². The smallest absolute Gasteiger partial charge is 0.135 e. The topological polar surface area (TPSA) is 29.3 Å². The van der Waals surface area contributed by atoms with Crippen molar-refractivity contribution in [1.29, 1.82) is 0 Å². The molecule has 0 radical (unpaired) electrons. The van der Waals surface area contributed by atoms with E-state index in [1.165, 1.54) is 38.2 Å². The average Bonchev–Trinajstić information content (AvgIpc) is 2.81. The predicted octanol–water partition coefficient (Wildman–Crippen LogP) is 3.23. The van der Waals surface area contributed by atoms with Crippen molar-refractivity contribution >= 4 is 22.9 Å². The minimum atomic E-state index is -0.302. The van der Waals surface area contributed by atoms with Crippen molar-refractivity contribution in [1.82, 2.24) is 0 Å². The molecule has 0 aromatic heterocycles. The maximum absolute atomic E-state index is 14.0. The van der Waals surface area contributed by atoms with E-state index in [4.69, 9.17) is 18.0 Å². The first-order valence-electron chi connectivity index (χ1n) is 7.03. The predicted molar refractivity (Wildman–Crippen MR) is 80.0 cm³/mol. The number of thiocarbonyl (C=S) groups is 1. The molecule has 0 spiro atoms. The van der Waals surface area contributed by atoms with Gasteiger partial charge in [0.25, 0.3) is 0 Å². The van der Waals surface area contributed by atoms with Crippen LogP contribution in [0, 0.1) is 11.7 Å². The van der Waals surface area contributed by atoms with Crippen LogP contribution >= 0.6 is 12.2 Å². The van der Waals surface area contributed by atoms with Crippen molar-refractivity contribution < 1.29 is 4.39 Å². The van der Waals surface area contributed by atoms with Crippen LogP contribution in [0.25, 0.3) is 0 Å². The summed E-state index contributed by atoms with van der Waals surface area (Å²) in [4.78, 5) is 2.49. The second kappa shape index (κ2) is 5.08. The standard InChI is InChI=1S/C15H19FN2S/c16-11-5-3-7-13(14(11)15(17)19)18-9-8-10-4-1-2-6-12(10)18/h3,5,7,10,12H,1-2,4,6,8-9H2,(H2,17,19). The Bertz CT molecular complexity index is 503. The Morgan fingerprint density at radius 2 is 2.05 bits per heavy atom. The highest BCUT2D eigenvalue weighted by Gasteiger charge is 2.36. The van der Waals surface area contributed by atoms with Crippen LogP contribution in [0.15, 0.2) is 18.2 Å². The van der Waals surface area contributed by atoms with Gasteiger partial charge in [-0.05, 0) is 37.3 Å². The van der Waals surface area contributed by atoms with Gasteiger partial charge < -0.3 is 10.6 Å². The lowest BCUT2D eigenvalue weighted by Gasteiger charge is -2.34. The first-order chi connectivity index (χ1) is 9.18. The number of halogens is 1. The second-order valence-corrected chi connectivity index (χ2v) is 6.03. The number of anilines is 1. The summed E-state index contributed by atoms with van der Waals surface area (Å²) < 4.78 is 14.0. The molecule has 2 atom stereocenters. The third-order valence-electron chi connectivity index (χ3n) is 4.56. The first kappa shape index (κ1) is 12.9. The minimum Gasteiger partial charge on any atom is -0.389 e. The van der Waals surface area contributed by atoms with Gasteiger partial charge in [-0.15, -0.1) is 0 Å². The Hall–Kier alpha value is -1.16. The maximum Gasteiger partial charge on any atom is 0.135 e. The van der Waals surface area contributed by atoms with Crippen LogP contribution in [0.3, 0.4) is 0 Å². The number of hydrogen-bond donors (Lipinski definition) is 1. The molecule has 1 heterocycles. The zero-order valence-electron chi connectivity index (χ0n) is 10.9. The van der Waals surface area contributed by atoms with Gasteiger partial charge in [-0.2, -0.15) is 0 Å². The van der Waals surface area contributed by atoms with Crippen LogP contribution in [0.5, 0.6) is 0 Å². The van der Waals surface area contributed by atoms with Gasteiger partial charge in [0.15, 0.2) is 0 Å². The van der Waals surface area contributed by atoms with Crippen LogP contribution in [0.4, 0.5) is 10.1 Å². The van der Waals surface area contributed by atoms with Gasteiger partial charge in [-0.3, -0.25) is 0 Å². The molecule has 0 amide bonds. The number of rotatable bonds is 2. The first-order valence-corrected chi connectivity index (χ1v) is 7.44. The molecule has 2 aliphatic rings. The third kappa shape index (κ3) is 2.22. The van der Waals surface area contributed by atoms with Gasteiger partial charge in [0.1, 0.15) is 10.8 Å². The summed E-state index contributed by atoms with van der Waals surface area (Å²) in [6.07, 6.45) is 6.32. The summed E-state index contributed by atoms with van der Waals surface area (Å²) in [5.74, 6) is 0.459. The van der Waals surface area contributed by atoms with Crippen molar-refractivity contribution in [2.24, 2.45) is 11.7 Å². The summed E-state index contributed by atoms with van der Waals surface area (Å²) in [6.45, 7) is 0.994. The SMILES string of the molecule is NC(=S)c1c(F)cccc1N1CCC2CCCCC21. The molecule has 1 aliphatic heterocycles. The van der Waals surface area contributed by atoms with E-state index in [-0.39, 0.29) is 10.8 Å². The molecule has 1 aromatic carbocycles. The fourth-order valence-electron chi connectivity index (χ4n) is 3.70. The molecule has 102 valence electrons. The number of fused-ring (bicyclic) bond motifs is 1. The van der Waals surface area contributed by atoms with E-state index in [2.05, 4.69) is 4.90 Å². The molecule has 2 unspecified atom stereocenters. The number of nitrogens with zero attached hydrogens (tertiary/aromatic N) is 1. The molecule has 1 saturated carbocycles. The van der Waals surface area contributed by atoms with Crippen LogP contribution in [0.2, 0.25) is 0 Å². The van der Waals surface area contributed by atoms with Gasteiger partial charge in [-0.25, -0.2) is 4.39 Å². The molecule has 2 nitrogen and oxygen atoms in total. The lowest BCUT2D eigenvalue weighted by Crippen LogP contribution is -2.36. The van der Waals surface area contributed by atoms with Gasteiger partial charge in [0, 0.05) is 12.6 Å². The van der Waals surface area contributed by atoms with E-state index < -0.39 is 0 Å². The van der Waals surface area contributed by atoms with E-state index in [0.29, 0.717) is 11.6 Å². The van der Waals surface area contributed by atoms with E-state index >= 15 is 0 Å². The quantitative estimate of drug-likeness (QED) is 0.842. The summed E-state index contributed by atoms with van der Waals surface area (Å²) in [6, 6.07) is 5.69. The summed E-state index contributed by atoms with van der Waals surface area (Å²) in [5, 5.41) is 0. The average molecular weight is 278 g/mol. The Balaban J connectivity index is 1.98. The van der Waals surface area contributed by atoms with Crippen molar-refractivity contribution in [3.63, 3.8) is 0 Å². The largest absolute Gasteiger partial charge is 0.389 e.